The van der Waals surface area contributed by atoms with Crippen LogP contribution in [-0.2, 0) is 38.3 Å². The molecule has 69 heavy (non-hydrogen) atoms. The van der Waals surface area contributed by atoms with Crippen LogP contribution < -0.4 is 0 Å². The predicted molar refractivity (Wildman–Crippen MR) is 280 cm³/mol. The van der Waals surface area contributed by atoms with Crippen LogP contribution >= 0.6 is 0 Å². The highest BCUT2D eigenvalue weighted by molar-refractivity contribution is 7.80. The summed E-state index contributed by atoms with van der Waals surface area (Å²) in [7, 11) is -5.07. The summed E-state index contributed by atoms with van der Waals surface area (Å²) in [5, 5.41) is 30.8. The molecule has 1 rings (SSSR count). The van der Waals surface area contributed by atoms with E-state index in [1.807, 2.05) is 0 Å². The number of allylic oxidation sites excluding steroid dienone is 8. The summed E-state index contributed by atoms with van der Waals surface area (Å²) < 4.78 is 59.4. The number of ether oxygens (including phenoxy) is 4. The van der Waals surface area contributed by atoms with Gasteiger partial charge in [0.05, 0.1) is 19.8 Å². The van der Waals surface area contributed by atoms with E-state index in [0.717, 1.165) is 64.2 Å². The van der Waals surface area contributed by atoms with Crippen LogP contribution in [0.15, 0.2) is 48.6 Å². The Balaban J connectivity index is 2.28. The zero-order valence-electron chi connectivity index (χ0n) is 43.6. The lowest BCUT2D eigenvalue weighted by molar-refractivity contribution is -0.301. The highest BCUT2D eigenvalue weighted by atomic mass is 32.3. The number of esters is 1. The quantitative estimate of drug-likeness (QED) is 0.0196. The van der Waals surface area contributed by atoms with Crippen molar-refractivity contribution < 1.29 is 56.2 Å². The summed E-state index contributed by atoms with van der Waals surface area (Å²) in [6, 6.07) is 0. The standard InChI is InChI=1S/C56H102O12S/c1-3-5-7-9-11-13-15-17-19-21-22-23-24-25-26-27-28-29-30-32-34-36-38-40-42-44-46-64-48-50(49-65-56-54(60)55(68-69(61,62)63)53(59)51(47-57)67-56)66-52(58)45-43-41-39-37-35-33-31-20-18-16-14-12-10-8-6-4-2/h5,7,11,13,17,19,22-23,50-51,53-57,59-60H,3-4,6,8-10,12,14-16,18,20-21,24-49H2,1-2H3,(H,61,62,63)/b7-5-,13-11-,19-17-,23-22-. The monoisotopic (exact) mass is 999 g/mol. The minimum Gasteiger partial charge on any atom is -0.457 e. The predicted octanol–water partition coefficient (Wildman–Crippen LogP) is 13.5. The van der Waals surface area contributed by atoms with Gasteiger partial charge in [-0.15, -0.1) is 0 Å². The molecule has 12 nitrogen and oxygen atoms in total. The van der Waals surface area contributed by atoms with Gasteiger partial charge in [0.1, 0.15) is 30.5 Å². The number of carbonyl (C=O) groups excluding carboxylic acids is 1. The first-order valence-corrected chi connectivity index (χ1v) is 29.3. The third kappa shape index (κ3) is 40.3. The number of rotatable bonds is 49. The second kappa shape index (κ2) is 47.1. The van der Waals surface area contributed by atoms with Gasteiger partial charge in [-0.2, -0.15) is 8.42 Å². The van der Waals surface area contributed by atoms with Crippen LogP contribution in [0.25, 0.3) is 0 Å². The lowest BCUT2D eigenvalue weighted by Gasteiger charge is -2.41. The smallest absolute Gasteiger partial charge is 0.397 e. The molecule has 1 heterocycles. The van der Waals surface area contributed by atoms with E-state index < -0.39 is 59.8 Å². The molecule has 1 saturated heterocycles. The molecule has 0 aromatic carbocycles. The number of hydrogen-bond donors (Lipinski definition) is 4. The SMILES string of the molecule is CC/C=C\C/C=C\C/C=C\C/C=C\CCCCCCCCCCCCCCCOCC(COC1OC(CO)C(O)C(OS(=O)(=O)O)C1O)OC(=O)CCCCCCCCCCCCCCCCCC. The van der Waals surface area contributed by atoms with Crippen LogP contribution in [0.5, 0.6) is 0 Å². The fourth-order valence-corrected chi connectivity index (χ4v) is 9.06. The topological polar surface area (TPSA) is 178 Å². The van der Waals surface area contributed by atoms with Crippen molar-refractivity contribution in [3.8, 4) is 0 Å². The highest BCUT2D eigenvalue weighted by Gasteiger charge is 2.48. The van der Waals surface area contributed by atoms with E-state index >= 15 is 0 Å². The fraction of sp³-hybridized carbons (Fsp3) is 0.839. The first-order chi connectivity index (χ1) is 33.6. The van der Waals surface area contributed by atoms with Crippen LogP contribution in [0.2, 0.25) is 0 Å². The molecular formula is C56H102O12S. The summed E-state index contributed by atoms with van der Waals surface area (Å²) in [4.78, 5) is 12.9. The molecule has 13 heteroatoms. The molecule has 4 N–H and O–H groups in total. The van der Waals surface area contributed by atoms with E-state index in [1.165, 1.54) is 148 Å². The Labute approximate surface area is 421 Å². The molecule has 404 valence electrons. The zero-order valence-corrected chi connectivity index (χ0v) is 44.4. The van der Waals surface area contributed by atoms with Crippen LogP contribution in [0, 0.1) is 0 Å². The maximum atomic E-state index is 12.9. The van der Waals surface area contributed by atoms with Gasteiger partial charge >= 0.3 is 16.4 Å². The van der Waals surface area contributed by atoms with Crippen molar-refractivity contribution in [2.45, 2.75) is 275 Å². The minimum absolute atomic E-state index is 0.0375. The van der Waals surface area contributed by atoms with Crippen molar-refractivity contribution in [1.82, 2.24) is 0 Å². The molecular weight excluding hydrogens is 897 g/mol. The summed E-state index contributed by atoms with van der Waals surface area (Å²) in [5.74, 6) is -0.396. The van der Waals surface area contributed by atoms with Crippen LogP contribution in [0.1, 0.15) is 239 Å². The van der Waals surface area contributed by atoms with Gasteiger partial charge in [0, 0.05) is 13.0 Å². The molecule has 6 atom stereocenters. The van der Waals surface area contributed by atoms with Gasteiger partial charge in [0.2, 0.25) is 0 Å². The minimum atomic E-state index is -5.07. The van der Waals surface area contributed by atoms with Gasteiger partial charge in [-0.25, -0.2) is 4.18 Å². The van der Waals surface area contributed by atoms with Gasteiger partial charge in [-0.3, -0.25) is 9.35 Å². The third-order valence-corrected chi connectivity index (χ3v) is 13.2. The highest BCUT2D eigenvalue weighted by Crippen LogP contribution is 2.26. The first-order valence-electron chi connectivity index (χ1n) is 27.9. The second-order valence-electron chi connectivity index (χ2n) is 19.2. The summed E-state index contributed by atoms with van der Waals surface area (Å²) >= 11 is 0. The first kappa shape index (κ1) is 65.1. The molecule has 0 aromatic rings. The number of carbonyl (C=O) groups is 1. The second-order valence-corrected chi connectivity index (χ2v) is 20.2. The number of hydrogen-bond acceptors (Lipinski definition) is 11. The Bertz CT molecular complexity index is 1380. The van der Waals surface area contributed by atoms with Gasteiger partial charge in [-0.1, -0.05) is 229 Å². The summed E-state index contributed by atoms with van der Waals surface area (Å²) in [5.41, 5.74) is 0. The third-order valence-electron chi connectivity index (χ3n) is 12.7. The molecule has 0 amide bonds. The maximum Gasteiger partial charge on any atom is 0.397 e. The average Bonchev–Trinajstić information content (AvgIpc) is 3.32. The molecule has 0 bridgehead atoms. The van der Waals surface area contributed by atoms with Crippen molar-refractivity contribution in [2.24, 2.45) is 0 Å². The van der Waals surface area contributed by atoms with E-state index in [4.69, 9.17) is 18.9 Å². The summed E-state index contributed by atoms with van der Waals surface area (Å²) in [6.07, 6.45) is 50.0. The molecule has 0 saturated carbocycles. The molecule has 6 unspecified atom stereocenters. The lowest BCUT2D eigenvalue weighted by atomic mass is 9.99. The Morgan fingerprint density at radius 2 is 1.00 bits per heavy atom. The van der Waals surface area contributed by atoms with Crippen molar-refractivity contribution in [1.29, 1.82) is 0 Å². The van der Waals surface area contributed by atoms with E-state index in [0.29, 0.717) is 13.0 Å². The van der Waals surface area contributed by atoms with E-state index in [-0.39, 0.29) is 19.6 Å². The molecule has 0 aromatic heterocycles. The van der Waals surface area contributed by atoms with Gasteiger partial charge in [0.25, 0.3) is 0 Å². The van der Waals surface area contributed by atoms with Crippen molar-refractivity contribution in [3.63, 3.8) is 0 Å². The van der Waals surface area contributed by atoms with E-state index in [9.17, 15) is 33.1 Å². The maximum absolute atomic E-state index is 12.9. The Hall–Kier alpha value is -1.94. The van der Waals surface area contributed by atoms with Gasteiger partial charge in [0.15, 0.2) is 6.29 Å². The van der Waals surface area contributed by atoms with E-state index in [2.05, 4.69) is 66.6 Å². The van der Waals surface area contributed by atoms with Gasteiger partial charge in [-0.05, 0) is 51.4 Å². The van der Waals surface area contributed by atoms with E-state index in [1.54, 1.807) is 0 Å². The molecule has 0 radical (unpaired) electrons. The molecule has 1 aliphatic rings. The largest absolute Gasteiger partial charge is 0.457 e. The number of aliphatic hydroxyl groups excluding tert-OH is 3. The fourth-order valence-electron chi connectivity index (χ4n) is 8.55. The van der Waals surface area contributed by atoms with Crippen molar-refractivity contribution in [2.75, 3.05) is 26.4 Å². The Morgan fingerprint density at radius 3 is 1.46 bits per heavy atom. The van der Waals surface area contributed by atoms with Crippen LogP contribution in [0.3, 0.4) is 0 Å². The molecule has 0 spiro atoms. The Morgan fingerprint density at radius 1 is 0.565 bits per heavy atom. The normalized spacial score (nSPS) is 19.5. The van der Waals surface area contributed by atoms with Crippen LogP contribution in [0.4, 0.5) is 0 Å². The zero-order chi connectivity index (χ0) is 50.3. The summed E-state index contributed by atoms with van der Waals surface area (Å²) in [6.45, 7) is 3.91. The van der Waals surface area contributed by atoms with Crippen LogP contribution in [-0.4, -0.2) is 97.5 Å². The van der Waals surface area contributed by atoms with Gasteiger partial charge < -0.3 is 34.3 Å². The number of aliphatic hydroxyl groups is 3. The average molecular weight is 999 g/mol. The lowest BCUT2D eigenvalue weighted by Crippen LogP contribution is -2.60. The molecule has 0 aliphatic carbocycles. The molecule has 1 fully saturated rings. The molecule has 1 aliphatic heterocycles. The number of unbranched alkanes of at least 4 members (excludes halogenated alkanes) is 28. The van der Waals surface area contributed by atoms with Crippen molar-refractivity contribution >= 4 is 16.4 Å². The van der Waals surface area contributed by atoms with Crippen molar-refractivity contribution in [3.05, 3.63) is 48.6 Å². The Kier molecular flexibility index (Phi) is 44.4.